The second-order valence-electron chi connectivity index (χ2n) is 6.87. The third-order valence-electron chi connectivity index (χ3n) is 5.12. The van der Waals surface area contributed by atoms with E-state index >= 15 is 0 Å². The van der Waals surface area contributed by atoms with Crippen LogP contribution in [0.1, 0.15) is 22.8 Å². The number of benzene rings is 1. The molecule has 1 saturated heterocycles. The van der Waals surface area contributed by atoms with Gasteiger partial charge in [0.05, 0.1) is 17.9 Å². The lowest BCUT2D eigenvalue weighted by Crippen LogP contribution is -2.29. The molecule has 3 aromatic heterocycles. The van der Waals surface area contributed by atoms with Crippen molar-refractivity contribution in [2.45, 2.75) is 12.5 Å². The van der Waals surface area contributed by atoms with Crippen LogP contribution < -0.4 is 0 Å². The Morgan fingerprint density at radius 2 is 2.14 bits per heavy atom. The summed E-state index contributed by atoms with van der Waals surface area (Å²) in [6.07, 6.45) is 5.78. The summed E-state index contributed by atoms with van der Waals surface area (Å²) in [5.41, 5.74) is 2.81. The maximum Gasteiger partial charge on any atom is 0.254 e. The average molecular weight is 376 g/mol. The largest absolute Gasteiger partial charge is 0.472 e. The lowest BCUT2D eigenvalue weighted by Gasteiger charge is -2.18. The van der Waals surface area contributed by atoms with Gasteiger partial charge in [-0.3, -0.25) is 4.79 Å². The number of hydrogen-bond donors (Lipinski definition) is 0. The Bertz CT molecular complexity index is 1150. The van der Waals surface area contributed by atoms with E-state index in [2.05, 4.69) is 9.55 Å². The molecule has 140 valence electrons. The third kappa shape index (κ3) is 2.76. The Kier molecular flexibility index (Phi) is 3.93. The Labute approximate surface area is 160 Å². The van der Waals surface area contributed by atoms with Crippen LogP contribution in [0.3, 0.4) is 0 Å². The molecule has 0 saturated carbocycles. The summed E-state index contributed by atoms with van der Waals surface area (Å²) in [6, 6.07) is 11.5. The number of amides is 1. The SMILES string of the molecule is O=C(c1cccc(F)c1)N1CC[C@H](n2c(-c3ccoc3)nc3cccnc32)C1. The number of likely N-dealkylation sites (tertiary alicyclic amines) is 1. The van der Waals surface area contributed by atoms with Gasteiger partial charge in [-0.1, -0.05) is 6.07 Å². The molecule has 1 atom stereocenters. The molecule has 0 unspecified atom stereocenters. The van der Waals surface area contributed by atoms with Crippen LogP contribution in [0, 0.1) is 5.82 Å². The van der Waals surface area contributed by atoms with Gasteiger partial charge in [0.2, 0.25) is 0 Å². The average Bonchev–Trinajstić information content (AvgIpc) is 3.45. The van der Waals surface area contributed by atoms with E-state index in [1.165, 1.54) is 12.1 Å². The summed E-state index contributed by atoms with van der Waals surface area (Å²) in [6.45, 7) is 1.11. The molecule has 1 aliphatic heterocycles. The molecule has 5 rings (SSSR count). The zero-order valence-electron chi connectivity index (χ0n) is 15.0. The van der Waals surface area contributed by atoms with Crippen molar-refractivity contribution in [2.75, 3.05) is 13.1 Å². The minimum atomic E-state index is -0.409. The first-order valence-corrected chi connectivity index (χ1v) is 9.11. The van der Waals surface area contributed by atoms with Crippen molar-refractivity contribution in [1.29, 1.82) is 0 Å². The number of furan rings is 1. The predicted molar refractivity (Wildman–Crippen MR) is 101 cm³/mol. The molecule has 0 spiro atoms. The van der Waals surface area contributed by atoms with Crippen molar-refractivity contribution in [1.82, 2.24) is 19.4 Å². The molecule has 0 bridgehead atoms. The van der Waals surface area contributed by atoms with Gasteiger partial charge in [-0.05, 0) is 42.8 Å². The smallest absolute Gasteiger partial charge is 0.254 e. The summed E-state index contributed by atoms with van der Waals surface area (Å²) in [5, 5.41) is 0. The zero-order valence-corrected chi connectivity index (χ0v) is 15.0. The van der Waals surface area contributed by atoms with Crippen molar-refractivity contribution in [3.05, 3.63) is 72.6 Å². The molecule has 4 aromatic rings. The number of pyridine rings is 1. The number of fused-ring (bicyclic) bond motifs is 1. The molecule has 7 heteroatoms. The Balaban J connectivity index is 1.50. The number of nitrogens with zero attached hydrogens (tertiary/aromatic N) is 4. The van der Waals surface area contributed by atoms with Gasteiger partial charge in [0.15, 0.2) is 5.65 Å². The van der Waals surface area contributed by atoms with Gasteiger partial charge in [-0.15, -0.1) is 0 Å². The second-order valence-corrected chi connectivity index (χ2v) is 6.87. The van der Waals surface area contributed by atoms with Crippen LogP contribution in [0.5, 0.6) is 0 Å². The maximum absolute atomic E-state index is 13.5. The van der Waals surface area contributed by atoms with E-state index in [-0.39, 0.29) is 11.9 Å². The van der Waals surface area contributed by atoms with Crippen molar-refractivity contribution < 1.29 is 13.6 Å². The first-order chi connectivity index (χ1) is 13.7. The van der Waals surface area contributed by atoms with Crippen molar-refractivity contribution in [3.8, 4) is 11.4 Å². The molecule has 1 amide bonds. The van der Waals surface area contributed by atoms with Gasteiger partial charge in [-0.2, -0.15) is 0 Å². The van der Waals surface area contributed by atoms with Gasteiger partial charge in [0, 0.05) is 24.8 Å². The van der Waals surface area contributed by atoms with Crippen LogP contribution in [0.15, 0.2) is 65.6 Å². The summed E-state index contributed by atoms with van der Waals surface area (Å²) in [7, 11) is 0. The molecule has 1 aliphatic rings. The van der Waals surface area contributed by atoms with E-state index < -0.39 is 5.82 Å². The number of aromatic nitrogens is 3. The fourth-order valence-electron chi connectivity index (χ4n) is 3.81. The molecular weight excluding hydrogens is 359 g/mol. The third-order valence-corrected chi connectivity index (χ3v) is 5.12. The monoisotopic (exact) mass is 376 g/mol. The van der Waals surface area contributed by atoms with E-state index in [1.807, 2.05) is 18.2 Å². The molecule has 0 radical (unpaired) electrons. The number of carbonyl (C=O) groups is 1. The van der Waals surface area contributed by atoms with Gasteiger partial charge < -0.3 is 13.9 Å². The lowest BCUT2D eigenvalue weighted by molar-refractivity contribution is 0.0787. The van der Waals surface area contributed by atoms with Crippen LogP contribution in [0.2, 0.25) is 0 Å². The molecule has 0 aliphatic carbocycles. The highest BCUT2D eigenvalue weighted by Gasteiger charge is 2.31. The highest BCUT2D eigenvalue weighted by atomic mass is 19.1. The molecule has 1 aromatic carbocycles. The quantitative estimate of drug-likeness (QED) is 0.544. The molecule has 28 heavy (non-hydrogen) atoms. The number of halogens is 1. The molecular formula is C21H17FN4O2. The van der Waals surface area contributed by atoms with Crippen LogP contribution >= 0.6 is 0 Å². The van der Waals surface area contributed by atoms with E-state index in [1.54, 1.807) is 35.8 Å². The number of imidazole rings is 1. The van der Waals surface area contributed by atoms with Crippen molar-refractivity contribution in [2.24, 2.45) is 0 Å². The van der Waals surface area contributed by atoms with E-state index in [4.69, 9.17) is 9.40 Å². The Morgan fingerprint density at radius 3 is 2.96 bits per heavy atom. The highest BCUT2D eigenvalue weighted by molar-refractivity contribution is 5.94. The minimum Gasteiger partial charge on any atom is -0.472 e. The molecule has 1 fully saturated rings. The normalized spacial score (nSPS) is 16.8. The van der Waals surface area contributed by atoms with Gasteiger partial charge in [0.1, 0.15) is 23.4 Å². The van der Waals surface area contributed by atoms with Crippen molar-refractivity contribution in [3.63, 3.8) is 0 Å². The number of hydrogen-bond acceptors (Lipinski definition) is 4. The number of rotatable bonds is 3. The van der Waals surface area contributed by atoms with Gasteiger partial charge in [0.25, 0.3) is 5.91 Å². The summed E-state index contributed by atoms with van der Waals surface area (Å²) in [4.78, 5) is 23.8. The van der Waals surface area contributed by atoms with Crippen molar-refractivity contribution >= 4 is 17.1 Å². The Hall–Kier alpha value is -3.48. The van der Waals surface area contributed by atoms with Gasteiger partial charge >= 0.3 is 0 Å². The van der Waals surface area contributed by atoms with Crippen LogP contribution in [-0.4, -0.2) is 38.4 Å². The fraction of sp³-hybridized carbons (Fsp3) is 0.190. The fourth-order valence-corrected chi connectivity index (χ4v) is 3.81. The topological polar surface area (TPSA) is 64.2 Å². The molecule has 6 nitrogen and oxygen atoms in total. The first-order valence-electron chi connectivity index (χ1n) is 9.11. The highest BCUT2D eigenvalue weighted by Crippen LogP contribution is 2.32. The van der Waals surface area contributed by atoms with E-state index in [9.17, 15) is 9.18 Å². The lowest BCUT2D eigenvalue weighted by atomic mass is 10.2. The summed E-state index contributed by atoms with van der Waals surface area (Å²) >= 11 is 0. The zero-order chi connectivity index (χ0) is 19.1. The second kappa shape index (κ2) is 6.60. The first kappa shape index (κ1) is 16.7. The van der Waals surface area contributed by atoms with Crippen LogP contribution in [-0.2, 0) is 0 Å². The number of carbonyl (C=O) groups excluding carboxylic acids is 1. The summed E-state index contributed by atoms with van der Waals surface area (Å²) < 4.78 is 20.8. The van der Waals surface area contributed by atoms with Gasteiger partial charge in [-0.25, -0.2) is 14.4 Å². The minimum absolute atomic E-state index is 0.0299. The van der Waals surface area contributed by atoms with Crippen LogP contribution in [0.4, 0.5) is 4.39 Å². The predicted octanol–water partition coefficient (Wildman–Crippen LogP) is 3.92. The molecule has 4 heterocycles. The van der Waals surface area contributed by atoms with E-state index in [0.29, 0.717) is 18.7 Å². The van der Waals surface area contributed by atoms with E-state index in [0.717, 1.165) is 29.0 Å². The van der Waals surface area contributed by atoms with Crippen LogP contribution in [0.25, 0.3) is 22.6 Å². The Morgan fingerprint density at radius 1 is 1.21 bits per heavy atom. The maximum atomic E-state index is 13.5. The molecule has 0 N–H and O–H groups in total. The summed E-state index contributed by atoms with van der Waals surface area (Å²) in [5.74, 6) is 0.199. The standard InChI is InChI=1S/C21H17FN4O2/c22-16-4-1-3-14(11-16)21(27)25-9-6-17(12-25)26-19(15-7-10-28-13-15)24-18-5-2-8-23-20(18)26/h1-5,7-8,10-11,13,17H,6,9,12H2/t17-/m0/s1.